The quantitative estimate of drug-likeness (QED) is 0.472. The van der Waals surface area contributed by atoms with E-state index in [1.165, 1.54) is 0 Å². The Labute approximate surface area is 75.4 Å². The maximum absolute atomic E-state index is 9.72. The van der Waals surface area contributed by atoms with Crippen LogP contribution in [0.3, 0.4) is 0 Å². The van der Waals surface area contributed by atoms with Gasteiger partial charge in [-0.3, -0.25) is 4.79 Å². The molecule has 1 unspecified atom stereocenters. The van der Waals surface area contributed by atoms with Gasteiger partial charge in [-0.1, -0.05) is 0 Å². The van der Waals surface area contributed by atoms with Gasteiger partial charge in [-0.05, 0) is 13.8 Å². The van der Waals surface area contributed by atoms with Crippen molar-refractivity contribution >= 4 is 11.9 Å². The molecule has 0 amide bonds. The largest absolute Gasteiger partial charge is 0.481 e. The summed E-state index contributed by atoms with van der Waals surface area (Å²) in [5.41, 5.74) is 0. The Morgan fingerprint density at radius 1 is 1.15 bits per heavy atom. The van der Waals surface area contributed by atoms with E-state index in [0.717, 1.165) is 0 Å². The van der Waals surface area contributed by atoms with Gasteiger partial charge in [0.25, 0.3) is 0 Å². The Hall–Kier alpha value is -1.14. The van der Waals surface area contributed by atoms with E-state index in [4.69, 9.17) is 20.4 Å². The van der Waals surface area contributed by atoms with E-state index in [1.807, 2.05) is 0 Å². The highest BCUT2D eigenvalue weighted by atomic mass is 16.4. The van der Waals surface area contributed by atoms with Gasteiger partial charge in [0.2, 0.25) is 0 Å². The Kier molecular flexibility index (Phi) is 8.31. The topological polar surface area (TPSA) is 115 Å². The van der Waals surface area contributed by atoms with E-state index in [1.54, 1.807) is 13.8 Å². The zero-order valence-electron chi connectivity index (χ0n) is 7.47. The lowest BCUT2D eigenvalue weighted by Gasteiger charge is -1.97. The number of hydrogen-bond acceptors (Lipinski definition) is 4. The van der Waals surface area contributed by atoms with Crippen LogP contribution in [-0.4, -0.2) is 44.6 Å². The average molecular weight is 194 g/mol. The predicted molar refractivity (Wildman–Crippen MR) is 43.3 cm³/mol. The van der Waals surface area contributed by atoms with Crippen molar-refractivity contribution < 1.29 is 30.0 Å². The molecule has 0 aromatic heterocycles. The summed E-state index contributed by atoms with van der Waals surface area (Å²) in [4.78, 5) is 19.4. The third-order valence-electron chi connectivity index (χ3n) is 0.653. The van der Waals surface area contributed by atoms with Crippen LogP contribution in [-0.2, 0) is 9.59 Å². The van der Waals surface area contributed by atoms with Crippen molar-refractivity contribution in [2.24, 2.45) is 0 Å². The molecule has 0 aliphatic carbocycles. The third kappa shape index (κ3) is 18.1. The molecule has 0 rings (SSSR count). The van der Waals surface area contributed by atoms with E-state index >= 15 is 0 Å². The number of aliphatic hydroxyl groups is 2. The molecule has 0 aliphatic heterocycles. The molecule has 1 atom stereocenters. The van der Waals surface area contributed by atoms with Crippen molar-refractivity contribution in [1.82, 2.24) is 0 Å². The molecule has 0 aliphatic rings. The van der Waals surface area contributed by atoms with Crippen molar-refractivity contribution in [3.05, 3.63) is 0 Å². The molecule has 4 N–H and O–H groups in total. The molecule has 6 nitrogen and oxygen atoms in total. The smallest absolute Gasteiger partial charge is 0.333 e. The second kappa shape index (κ2) is 7.51. The summed E-state index contributed by atoms with van der Waals surface area (Å²) in [6.07, 6.45) is -2.71. The fraction of sp³-hybridized carbons (Fsp3) is 0.714. The third-order valence-corrected chi connectivity index (χ3v) is 0.653. The summed E-state index contributed by atoms with van der Waals surface area (Å²) >= 11 is 0. The summed E-state index contributed by atoms with van der Waals surface area (Å²) in [6, 6.07) is 0. The number of rotatable bonds is 3. The molecule has 0 radical (unpaired) electrons. The van der Waals surface area contributed by atoms with Gasteiger partial charge >= 0.3 is 11.9 Å². The molecule has 78 valence electrons. The first kappa shape index (κ1) is 14.4. The summed E-state index contributed by atoms with van der Waals surface area (Å²) in [5, 5.41) is 32.2. The lowest BCUT2D eigenvalue weighted by Crippen LogP contribution is -2.22. The summed E-state index contributed by atoms with van der Waals surface area (Å²) < 4.78 is 0. The van der Waals surface area contributed by atoms with Crippen LogP contribution in [0.5, 0.6) is 0 Å². The van der Waals surface area contributed by atoms with Gasteiger partial charge in [-0.25, -0.2) is 4.79 Å². The lowest BCUT2D eigenvalue weighted by molar-refractivity contribution is -0.152. The Bertz CT molecular complexity index is 162. The van der Waals surface area contributed by atoms with Crippen LogP contribution < -0.4 is 0 Å². The molecule has 13 heavy (non-hydrogen) atoms. The van der Waals surface area contributed by atoms with Crippen molar-refractivity contribution in [2.45, 2.75) is 32.5 Å². The number of aliphatic hydroxyl groups excluding tert-OH is 2. The predicted octanol–water partition coefficient (Wildman–Crippen LogP) is -0.706. The molecule has 0 saturated carbocycles. The highest BCUT2D eigenvalue weighted by Crippen LogP contribution is 1.89. The minimum atomic E-state index is -1.79. The first-order valence-electron chi connectivity index (χ1n) is 3.58. The van der Waals surface area contributed by atoms with Crippen molar-refractivity contribution in [3.63, 3.8) is 0 Å². The Morgan fingerprint density at radius 3 is 1.54 bits per heavy atom. The highest BCUT2D eigenvalue weighted by Gasteiger charge is 2.16. The standard InChI is InChI=1S/C4H6O5.C3H8O/c5-2(4(8)9)1-3(6)7;1-3(2)4/h2,5H,1H2,(H,6,7)(H,8,9);3-4H,1-2H3. The summed E-state index contributed by atoms with van der Waals surface area (Å²) in [5.74, 6) is -2.85. The minimum Gasteiger partial charge on any atom is -0.481 e. The van der Waals surface area contributed by atoms with E-state index < -0.39 is 24.5 Å². The van der Waals surface area contributed by atoms with E-state index in [9.17, 15) is 9.59 Å². The number of carbonyl (C=O) groups is 2. The maximum atomic E-state index is 9.72. The van der Waals surface area contributed by atoms with Gasteiger partial charge in [0, 0.05) is 6.10 Å². The van der Waals surface area contributed by atoms with Gasteiger partial charge in [0.05, 0.1) is 6.42 Å². The Balaban J connectivity index is 0. The molecule has 0 aromatic carbocycles. The van der Waals surface area contributed by atoms with Crippen molar-refractivity contribution in [2.75, 3.05) is 0 Å². The van der Waals surface area contributed by atoms with Crippen LogP contribution in [0, 0.1) is 0 Å². The molecule has 0 bridgehead atoms. The first-order valence-corrected chi connectivity index (χ1v) is 3.58. The summed E-state index contributed by atoms with van der Waals surface area (Å²) in [6.45, 7) is 3.44. The van der Waals surface area contributed by atoms with Gasteiger partial charge in [-0.2, -0.15) is 0 Å². The first-order chi connectivity index (χ1) is 5.77. The highest BCUT2D eigenvalue weighted by molar-refractivity contribution is 5.79. The molecular formula is C7H14O6. The molecule has 0 heterocycles. The number of aliphatic carboxylic acids is 2. The van der Waals surface area contributed by atoms with Crippen LogP contribution in [0.2, 0.25) is 0 Å². The molecular weight excluding hydrogens is 180 g/mol. The number of carboxylic acids is 2. The molecule has 6 heteroatoms. The van der Waals surface area contributed by atoms with Gasteiger partial charge in [0.15, 0.2) is 6.10 Å². The zero-order valence-corrected chi connectivity index (χ0v) is 7.47. The van der Waals surface area contributed by atoms with Crippen LogP contribution in [0.15, 0.2) is 0 Å². The SMILES string of the molecule is CC(C)O.O=C(O)CC(O)C(=O)O. The maximum Gasteiger partial charge on any atom is 0.333 e. The van der Waals surface area contributed by atoms with Gasteiger partial charge < -0.3 is 20.4 Å². The van der Waals surface area contributed by atoms with E-state index in [2.05, 4.69) is 0 Å². The van der Waals surface area contributed by atoms with Crippen LogP contribution in [0.4, 0.5) is 0 Å². The number of carboxylic acid groups (broad SMARTS) is 2. The van der Waals surface area contributed by atoms with E-state index in [0.29, 0.717) is 0 Å². The second-order valence-electron chi connectivity index (χ2n) is 2.55. The fourth-order valence-corrected chi connectivity index (χ4v) is 0.253. The van der Waals surface area contributed by atoms with Crippen molar-refractivity contribution in [3.8, 4) is 0 Å². The second-order valence-corrected chi connectivity index (χ2v) is 2.55. The average Bonchev–Trinajstić information content (AvgIpc) is 1.83. The van der Waals surface area contributed by atoms with Crippen LogP contribution in [0.1, 0.15) is 20.3 Å². The molecule has 0 aromatic rings. The fourth-order valence-electron chi connectivity index (χ4n) is 0.253. The van der Waals surface area contributed by atoms with Crippen LogP contribution >= 0.6 is 0 Å². The zero-order chi connectivity index (χ0) is 11.0. The summed E-state index contributed by atoms with van der Waals surface area (Å²) in [7, 11) is 0. The van der Waals surface area contributed by atoms with Gasteiger partial charge in [0.1, 0.15) is 0 Å². The Morgan fingerprint density at radius 2 is 1.46 bits per heavy atom. The lowest BCUT2D eigenvalue weighted by atomic mass is 10.3. The van der Waals surface area contributed by atoms with Crippen LogP contribution in [0.25, 0.3) is 0 Å². The molecule has 0 spiro atoms. The molecule has 0 fully saturated rings. The monoisotopic (exact) mass is 194 g/mol. The van der Waals surface area contributed by atoms with E-state index in [-0.39, 0.29) is 6.10 Å². The van der Waals surface area contributed by atoms with Crippen molar-refractivity contribution in [1.29, 1.82) is 0 Å². The number of hydrogen-bond donors (Lipinski definition) is 4. The molecule has 0 saturated heterocycles. The van der Waals surface area contributed by atoms with Gasteiger partial charge in [-0.15, -0.1) is 0 Å². The normalized spacial score (nSPS) is 11.5. The minimum absolute atomic E-state index is 0.167.